The van der Waals surface area contributed by atoms with Crippen molar-refractivity contribution in [3.8, 4) is 5.69 Å². The fourth-order valence-corrected chi connectivity index (χ4v) is 2.70. The number of rotatable bonds is 7. The molecule has 0 unspecified atom stereocenters. The number of hydrogen-bond donors (Lipinski definition) is 2. The third-order valence-corrected chi connectivity index (χ3v) is 4.34. The van der Waals surface area contributed by atoms with Gasteiger partial charge in [-0.1, -0.05) is 19.9 Å². The fourth-order valence-electron chi connectivity index (χ4n) is 2.70. The van der Waals surface area contributed by atoms with Crippen LogP contribution in [0.15, 0.2) is 53.1 Å². The van der Waals surface area contributed by atoms with Crippen LogP contribution in [-0.4, -0.2) is 39.6 Å². The molecule has 0 aliphatic heterocycles. The first-order chi connectivity index (χ1) is 14.0. The molecule has 0 radical (unpaired) electrons. The van der Waals surface area contributed by atoms with E-state index in [1.54, 1.807) is 24.3 Å². The van der Waals surface area contributed by atoms with E-state index in [1.165, 1.54) is 29.1 Å². The second-order valence-corrected chi connectivity index (χ2v) is 6.26. The molecule has 2 N–H and O–H groups in total. The van der Waals surface area contributed by atoms with Crippen LogP contribution in [0, 0.1) is 5.82 Å². The number of aromatic nitrogens is 2. The lowest BCUT2D eigenvalue weighted by molar-refractivity contribution is 0.0826. The number of carbonyl (C=O) groups excluding carboxylic acids is 2. The SMILES string of the molecule is CCN(CC)Cc1ccc(C(=O)NNC(=O)c2ccn(-c3cccc(F)c3)n2)o1. The predicted molar refractivity (Wildman–Crippen MR) is 104 cm³/mol. The van der Waals surface area contributed by atoms with Crippen LogP contribution >= 0.6 is 0 Å². The maximum atomic E-state index is 13.3. The normalized spacial score (nSPS) is 10.9. The number of furan rings is 1. The van der Waals surface area contributed by atoms with Gasteiger partial charge in [-0.2, -0.15) is 5.10 Å². The lowest BCUT2D eigenvalue weighted by Gasteiger charge is -2.15. The molecule has 0 aliphatic carbocycles. The average molecular weight is 399 g/mol. The van der Waals surface area contributed by atoms with E-state index < -0.39 is 17.6 Å². The number of hydrogen-bond acceptors (Lipinski definition) is 5. The van der Waals surface area contributed by atoms with Crippen LogP contribution in [0.1, 0.15) is 40.7 Å². The topological polar surface area (TPSA) is 92.4 Å². The molecule has 8 nitrogen and oxygen atoms in total. The Morgan fingerprint density at radius 1 is 1.10 bits per heavy atom. The van der Waals surface area contributed by atoms with Crippen LogP contribution in [0.3, 0.4) is 0 Å². The Balaban J connectivity index is 1.57. The van der Waals surface area contributed by atoms with Crippen molar-refractivity contribution in [2.45, 2.75) is 20.4 Å². The molecule has 0 aliphatic rings. The predicted octanol–water partition coefficient (Wildman–Crippen LogP) is 2.52. The quantitative estimate of drug-likeness (QED) is 0.596. The second kappa shape index (κ2) is 9.16. The zero-order valence-electron chi connectivity index (χ0n) is 16.2. The average Bonchev–Trinajstić information content (AvgIpc) is 3.40. The van der Waals surface area contributed by atoms with E-state index in [9.17, 15) is 14.0 Å². The molecule has 152 valence electrons. The summed E-state index contributed by atoms with van der Waals surface area (Å²) in [6.45, 7) is 6.44. The summed E-state index contributed by atoms with van der Waals surface area (Å²) in [6.07, 6.45) is 1.53. The Morgan fingerprint density at radius 3 is 2.59 bits per heavy atom. The minimum atomic E-state index is -0.608. The third-order valence-electron chi connectivity index (χ3n) is 4.34. The van der Waals surface area contributed by atoms with Crippen LogP contribution in [-0.2, 0) is 6.54 Å². The largest absolute Gasteiger partial charge is 0.454 e. The van der Waals surface area contributed by atoms with Gasteiger partial charge in [-0.05, 0) is 49.5 Å². The van der Waals surface area contributed by atoms with Gasteiger partial charge in [0.25, 0.3) is 5.91 Å². The summed E-state index contributed by atoms with van der Waals surface area (Å²) in [5.74, 6) is -0.830. The molecule has 0 saturated carbocycles. The van der Waals surface area contributed by atoms with Gasteiger partial charge in [0.2, 0.25) is 0 Å². The first-order valence-corrected chi connectivity index (χ1v) is 9.23. The number of carbonyl (C=O) groups is 2. The highest BCUT2D eigenvalue weighted by Crippen LogP contribution is 2.11. The van der Waals surface area contributed by atoms with Crippen molar-refractivity contribution in [3.63, 3.8) is 0 Å². The van der Waals surface area contributed by atoms with Gasteiger partial charge >= 0.3 is 5.91 Å². The van der Waals surface area contributed by atoms with Gasteiger partial charge in [0.05, 0.1) is 12.2 Å². The number of hydrazine groups is 1. The molecular weight excluding hydrogens is 377 g/mol. The number of halogens is 1. The maximum Gasteiger partial charge on any atom is 0.305 e. The van der Waals surface area contributed by atoms with Gasteiger partial charge in [0, 0.05) is 6.20 Å². The van der Waals surface area contributed by atoms with Crippen LogP contribution < -0.4 is 10.9 Å². The van der Waals surface area contributed by atoms with E-state index in [0.29, 0.717) is 18.0 Å². The van der Waals surface area contributed by atoms with Gasteiger partial charge in [0.1, 0.15) is 11.6 Å². The molecule has 2 heterocycles. The molecule has 0 fully saturated rings. The van der Waals surface area contributed by atoms with Crippen molar-refractivity contribution in [1.82, 2.24) is 25.5 Å². The van der Waals surface area contributed by atoms with Gasteiger partial charge in [0.15, 0.2) is 11.5 Å². The van der Waals surface area contributed by atoms with Crippen molar-refractivity contribution in [2.75, 3.05) is 13.1 Å². The molecule has 2 aromatic heterocycles. The summed E-state index contributed by atoms with van der Waals surface area (Å²) >= 11 is 0. The van der Waals surface area contributed by atoms with Crippen LogP contribution in [0.25, 0.3) is 5.69 Å². The number of benzene rings is 1. The van der Waals surface area contributed by atoms with E-state index in [2.05, 4.69) is 20.9 Å². The Hall–Kier alpha value is -3.46. The molecule has 2 amide bonds. The summed E-state index contributed by atoms with van der Waals surface area (Å²) in [7, 11) is 0. The first kappa shape index (κ1) is 20.3. The monoisotopic (exact) mass is 399 g/mol. The van der Waals surface area contributed by atoms with E-state index in [0.717, 1.165) is 13.1 Å². The zero-order valence-corrected chi connectivity index (χ0v) is 16.2. The van der Waals surface area contributed by atoms with Gasteiger partial charge in [-0.25, -0.2) is 9.07 Å². The molecular formula is C20H22FN5O3. The van der Waals surface area contributed by atoms with E-state index in [-0.39, 0.29) is 11.5 Å². The van der Waals surface area contributed by atoms with Gasteiger partial charge < -0.3 is 4.42 Å². The maximum absolute atomic E-state index is 13.3. The molecule has 0 atom stereocenters. The van der Waals surface area contributed by atoms with E-state index >= 15 is 0 Å². The Kier molecular flexibility index (Phi) is 6.40. The Morgan fingerprint density at radius 2 is 1.86 bits per heavy atom. The standard InChI is InChI=1S/C20H22FN5O3/c1-3-25(4-2)13-16-8-9-18(29-16)20(28)23-22-19(27)17-10-11-26(24-17)15-7-5-6-14(21)12-15/h5-12H,3-4,13H2,1-2H3,(H,22,27)(H,23,28). The van der Waals surface area contributed by atoms with Crippen molar-refractivity contribution in [3.05, 3.63) is 71.7 Å². The van der Waals surface area contributed by atoms with Crippen molar-refractivity contribution in [1.29, 1.82) is 0 Å². The number of nitrogens with one attached hydrogen (secondary N) is 2. The van der Waals surface area contributed by atoms with Crippen LogP contribution in [0.5, 0.6) is 0 Å². The van der Waals surface area contributed by atoms with Crippen molar-refractivity contribution < 1.29 is 18.4 Å². The molecule has 0 spiro atoms. The molecule has 0 saturated heterocycles. The first-order valence-electron chi connectivity index (χ1n) is 9.23. The summed E-state index contributed by atoms with van der Waals surface area (Å²) in [5, 5.41) is 4.09. The lowest BCUT2D eigenvalue weighted by Crippen LogP contribution is -2.41. The molecule has 3 aromatic rings. The van der Waals surface area contributed by atoms with E-state index in [4.69, 9.17) is 4.42 Å². The molecule has 29 heavy (non-hydrogen) atoms. The molecule has 1 aromatic carbocycles. The number of nitrogens with zero attached hydrogens (tertiary/aromatic N) is 3. The minimum Gasteiger partial charge on any atom is -0.454 e. The Labute approximate surface area is 167 Å². The second-order valence-electron chi connectivity index (χ2n) is 6.26. The van der Waals surface area contributed by atoms with Crippen molar-refractivity contribution >= 4 is 11.8 Å². The Bertz CT molecular complexity index is 993. The zero-order chi connectivity index (χ0) is 20.8. The van der Waals surface area contributed by atoms with Gasteiger partial charge in [-0.3, -0.25) is 25.3 Å². The highest BCUT2D eigenvalue weighted by atomic mass is 19.1. The summed E-state index contributed by atoms with van der Waals surface area (Å²) in [5.41, 5.74) is 5.12. The van der Waals surface area contributed by atoms with Crippen LogP contribution in [0.4, 0.5) is 4.39 Å². The molecule has 0 bridgehead atoms. The van der Waals surface area contributed by atoms with E-state index in [1.807, 2.05) is 13.8 Å². The summed E-state index contributed by atoms with van der Waals surface area (Å²) in [6, 6.07) is 10.6. The highest BCUT2D eigenvalue weighted by molar-refractivity contribution is 5.96. The lowest BCUT2D eigenvalue weighted by atomic mass is 10.3. The fraction of sp³-hybridized carbons (Fsp3) is 0.250. The summed E-state index contributed by atoms with van der Waals surface area (Å²) in [4.78, 5) is 26.5. The van der Waals surface area contributed by atoms with Crippen molar-refractivity contribution in [2.24, 2.45) is 0 Å². The minimum absolute atomic E-state index is 0.0660. The number of amides is 2. The molecule has 9 heteroatoms. The summed E-state index contributed by atoms with van der Waals surface area (Å²) < 4.78 is 20.2. The van der Waals surface area contributed by atoms with Gasteiger partial charge in [-0.15, -0.1) is 0 Å². The molecule has 3 rings (SSSR count). The highest BCUT2D eigenvalue weighted by Gasteiger charge is 2.15. The van der Waals surface area contributed by atoms with Crippen LogP contribution in [0.2, 0.25) is 0 Å². The smallest absolute Gasteiger partial charge is 0.305 e. The third kappa shape index (κ3) is 5.08.